The van der Waals surface area contributed by atoms with Gasteiger partial charge in [0, 0.05) is 17.4 Å². The molecule has 1 aliphatic heterocycles. The maximum absolute atomic E-state index is 12.2. The Bertz CT molecular complexity index is 578. The number of aromatic nitrogens is 1. The maximum atomic E-state index is 12.2. The first-order chi connectivity index (χ1) is 9.66. The first-order valence-electron chi connectivity index (χ1n) is 7.23. The van der Waals surface area contributed by atoms with Crippen molar-refractivity contribution < 1.29 is 4.79 Å². The SMILES string of the molecule is CC1(CNC(=O)c2cc3ccccc3[nH]2)CCNCC1. The zero-order valence-electron chi connectivity index (χ0n) is 11.8. The van der Waals surface area contributed by atoms with Gasteiger partial charge in [-0.1, -0.05) is 25.1 Å². The van der Waals surface area contributed by atoms with Crippen LogP contribution in [0.3, 0.4) is 0 Å². The van der Waals surface area contributed by atoms with Crippen LogP contribution >= 0.6 is 0 Å². The minimum absolute atomic E-state index is 0.0130. The Labute approximate surface area is 118 Å². The van der Waals surface area contributed by atoms with E-state index in [1.807, 2.05) is 30.3 Å². The van der Waals surface area contributed by atoms with Gasteiger partial charge >= 0.3 is 0 Å². The number of fused-ring (bicyclic) bond motifs is 1. The minimum atomic E-state index is -0.0130. The second kappa shape index (κ2) is 5.29. The number of benzene rings is 1. The average Bonchev–Trinajstić information content (AvgIpc) is 2.89. The van der Waals surface area contributed by atoms with Crippen molar-refractivity contribution in [2.45, 2.75) is 19.8 Å². The van der Waals surface area contributed by atoms with Gasteiger partial charge in [-0.3, -0.25) is 4.79 Å². The summed E-state index contributed by atoms with van der Waals surface area (Å²) in [4.78, 5) is 15.4. The lowest BCUT2D eigenvalue weighted by Gasteiger charge is -2.34. The number of piperidine rings is 1. The second-order valence-electron chi connectivity index (χ2n) is 6.01. The quantitative estimate of drug-likeness (QED) is 0.802. The van der Waals surface area contributed by atoms with Crippen molar-refractivity contribution in [2.75, 3.05) is 19.6 Å². The van der Waals surface area contributed by atoms with Crippen molar-refractivity contribution in [1.29, 1.82) is 0 Å². The van der Waals surface area contributed by atoms with E-state index in [1.165, 1.54) is 0 Å². The summed E-state index contributed by atoms with van der Waals surface area (Å²) in [7, 11) is 0. The molecule has 1 aromatic carbocycles. The van der Waals surface area contributed by atoms with Crippen molar-refractivity contribution in [1.82, 2.24) is 15.6 Å². The van der Waals surface area contributed by atoms with Gasteiger partial charge in [-0.2, -0.15) is 0 Å². The predicted molar refractivity (Wildman–Crippen MR) is 80.8 cm³/mol. The van der Waals surface area contributed by atoms with E-state index in [0.29, 0.717) is 5.69 Å². The number of aromatic amines is 1. The number of H-pyrrole nitrogens is 1. The van der Waals surface area contributed by atoms with Crippen molar-refractivity contribution in [3.05, 3.63) is 36.0 Å². The van der Waals surface area contributed by atoms with Gasteiger partial charge in [-0.05, 0) is 43.5 Å². The Morgan fingerprint density at radius 2 is 2.05 bits per heavy atom. The molecule has 1 amide bonds. The van der Waals surface area contributed by atoms with Crippen LogP contribution in [0.5, 0.6) is 0 Å². The fourth-order valence-corrected chi connectivity index (χ4v) is 2.79. The fraction of sp³-hybridized carbons (Fsp3) is 0.438. The molecule has 20 heavy (non-hydrogen) atoms. The summed E-state index contributed by atoms with van der Waals surface area (Å²) in [5.74, 6) is -0.0130. The maximum Gasteiger partial charge on any atom is 0.267 e. The molecule has 4 nitrogen and oxygen atoms in total. The first kappa shape index (κ1) is 13.2. The molecule has 0 saturated carbocycles. The van der Waals surface area contributed by atoms with E-state index in [0.717, 1.165) is 43.4 Å². The van der Waals surface area contributed by atoms with Gasteiger partial charge < -0.3 is 15.6 Å². The molecule has 1 saturated heterocycles. The monoisotopic (exact) mass is 271 g/mol. The molecule has 2 heterocycles. The lowest BCUT2D eigenvalue weighted by Crippen LogP contribution is -2.42. The Balaban J connectivity index is 1.66. The van der Waals surface area contributed by atoms with E-state index in [1.54, 1.807) is 0 Å². The van der Waals surface area contributed by atoms with Crippen molar-refractivity contribution >= 4 is 16.8 Å². The lowest BCUT2D eigenvalue weighted by atomic mass is 9.81. The van der Waals surface area contributed by atoms with Crippen LogP contribution in [0.2, 0.25) is 0 Å². The summed E-state index contributed by atoms with van der Waals surface area (Å²) in [6, 6.07) is 9.86. The van der Waals surface area contributed by atoms with Gasteiger partial charge in [0.2, 0.25) is 0 Å². The van der Waals surface area contributed by atoms with Crippen LogP contribution in [-0.2, 0) is 0 Å². The van der Waals surface area contributed by atoms with Crippen molar-refractivity contribution in [3.8, 4) is 0 Å². The van der Waals surface area contributed by atoms with Crippen LogP contribution in [-0.4, -0.2) is 30.5 Å². The average molecular weight is 271 g/mol. The summed E-state index contributed by atoms with van der Waals surface area (Å²) in [5, 5.41) is 7.51. The van der Waals surface area contributed by atoms with Gasteiger partial charge in [0.25, 0.3) is 5.91 Å². The summed E-state index contributed by atoms with van der Waals surface area (Å²) in [5.41, 5.74) is 1.86. The molecule has 1 aliphatic rings. The minimum Gasteiger partial charge on any atom is -0.351 e. The third kappa shape index (κ3) is 2.70. The van der Waals surface area contributed by atoms with Crippen molar-refractivity contribution in [3.63, 3.8) is 0 Å². The molecule has 106 valence electrons. The number of hydrogen-bond donors (Lipinski definition) is 3. The highest BCUT2D eigenvalue weighted by molar-refractivity contribution is 5.97. The number of amides is 1. The lowest BCUT2D eigenvalue weighted by molar-refractivity contribution is 0.0918. The van der Waals surface area contributed by atoms with Gasteiger partial charge in [0.15, 0.2) is 0 Å². The largest absolute Gasteiger partial charge is 0.351 e. The Morgan fingerprint density at radius 3 is 2.80 bits per heavy atom. The van der Waals surface area contributed by atoms with Gasteiger partial charge in [-0.25, -0.2) is 0 Å². The molecule has 0 bridgehead atoms. The van der Waals surface area contributed by atoms with Gasteiger partial charge in [0.1, 0.15) is 5.69 Å². The van der Waals surface area contributed by atoms with Crippen LogP contribution in [0.15, 0.2) is 30.3 Å². The standard InChI is InChI=1S/C16H21N3O/c1-16(6-8-17-9-7-16)11-18-15(20)14-10-12-4-2-3-5-13(12)19-14/h2-5,10,17,19H,6-9,11H2,1H3,(H,18,20). The number of carbonyl (C=O) groups excluding carboxylic acids is 1. The van der Waals surface area contributed by atoms with E-state index in [9.17, 15) is 4.79 Å². The molecule has 0 aliphatic carbocycles. The zero-order chi connectivity index (χ0) is 14.0. The number of nitrogens with one attached hydrogen (secondary N) is 3. The Morgan fingerprint density at radius 1 is 1.30 bits per heavy atom. The first-order valence-corrected chi connectivity index (χ1v) is 7.23. The fourth-order valence-electron chi connectivity index (χ4n) is 2.79. The second-order valence-corrected chi connectivity index (χ2v) is 6.01. The topological polar surface area (TPSA) is 56.9 Å². The van der Waals surface area contributed by atoms with Crippen LogP contribution in [0.25, 0.3) is 10.9 Å². The van der Waals surface area contributed by atoms with E-state index in [2.05, 4.69) is 22.5 Å². The van der Waals surface area contributed by atoms with Crippen LogP contribution in [0.4, 0.5) is 0 Å². The molecule has 1 fully saturated rings. The number of carbonyl (C=O) groups is 1. The van der Waals surface area contributed by atoms with Crippen LogP contribution in [0.1, 0.15) is 30.3 Å². The molecule has 3 N–H and O–H groups in total. The normalized spacial score (nSPS) is 18.1. The summed E-state index contributed by atoms with van der Waals surface area (Å²) < 4.78 is 0. The summed E-state index contributed by atoms with van der Waals surface area (Å²) in [6.45, 7) is 5.07. The zero-order valence-corrected chi connectivity index (χ0v) is 11.8. The molecule has 2 aromatic rings. The summed E-state index contributed by atoms with van der Waals surface area (Å²) in [6.07, 6.45) is 2.22. The number of hydrogen-bond acceptors (Lipinski definition) is 2. The highest BCUT2D eigenvalue weighted by Gasteiger charge is 2.27. The molecule has 3 rings (SSSR count). The smallest absolute Gasteiger partial charge is 0.267 e. The van der Waals surface area contributed by atoms with Crippen molar-refractivity contribution in [2.24, 2.45) is 5.41 Å². The highest BCUT2D eigenvalue weighted by Crippen LogP contribution is 2.26. The van der Waals surface area contributed by atoms with E-state index < -0.39 is 0 Å². The van der Waals surface area contributed by atoms with E-state index in [4.69, 9.17) is 0 Å². The Hall–Kier alpha value is -1.81. The van der Waals surface area contributed by atoms with Gasteiger partial charge in [0.05, 0.1) is 0 Å². The van der Waals surface area contributed by atoms with Gasteiger partial charge in [-0.15, -0.1) is 0 Å². The van der Waals surface area contributed by atoms with Crippen LogP contribution < -0.4 is 10.6 Å². The third-order valence-corrected chi connectivity index (χ3v) is 4.26. The molecule has 1 aromatic heterocycles. The third-order valence-electron chi connectivity index (χ3n) is 4.26. The molecule has 0 spiro atoms. The van der Waals surface area contributed by atoms with E-state index >= 15 is 0 Å². The number of rotatable bonds is 3. The predicted octanol–water partition coefficient (Wildman–Crippen LogP) is 2.29. The molecular formula is C16H21N3O. The molecule has 0 radical (unpaired) electrons. The number of para-hydroxylation sites is 1. The molecule has 4 heteroatoms. The molecule has 0 atom stereocenters. The molecular weight excluding hydrogens is 250 g/mol. The van der Waals surface area contributed by atoms with Crippen LogP contribution in [0, 0.1) is 5.41 Å². The molecule has 0 unspecified atom stereocenters. The Kier molecular flexibility index (Phi) is 3.49. The van der Waals surface area contributed by atoms with E-state index in [-0.39, 0.29) is 11.3 Å². The highest BCUT2D eigenvalue weighted by atomic mass is 16.1. The summed E-state index contributed by atoms with van der Waals surface area (Å²) >= 11 is 0.